The Bertz CT molecular complexity index is 721. The van der Waals surface area contributed by atoms with Gasteiger partial charge in [0.25, 0.3) is 0 Å². The van der Waals surface area contributed by atoms with E-state index < -0.39 is 0 Å². The summed E-state index contributed by atoms with van der Waals surface area (Å²) in [7, 11) is 1.63. The van der Waals surface area contributed by atoms with Gasteiger partial charge in [-0.3, -0.25) is 4.98 Å². The number of aryl methyl sites for hydroxylation is 1. The highest BCUT2D eigenvalue weighted by molar-refractivity contribution is 5.89. The summed E-state index contributed by atoms with van der Waals surface area (Å²) in [5, 5.41) is 5.87. The fourth-order valence-electron chi connectivity index (χ4n) is 3.07. The molecular formula is C19H23N3O3. The van der Waals surface area contributed by atoms with Gasteiger partial charge in [0.05, 0.1) is 13.2 Å². The highest BCUT2D eigenvalue weighted by Crippen LogP contribution is 2.29. The second-order valence-electron chi connectivity index (χ2n) is 5.95. The minimum Gasteiger partial charge on any atom is -0.496 e. The predicted octanol–water partition coefficient (Wildman–Crippen LogP) is 3.30. The zero-order valence-corrected chi connectivity index (χ0v) is 14.5. The summed E-state index contributed by atoms with van der Waals surface area (Å²) in [6.45, 7) is 2.69. The van der Waals surface area contributed by atoms with Gasteiger partial charge in [-0.15, -0.1) is 0 Å². The predicted molar refractivity (Wildman–Crippen MR) is 95.9 cm³/mol. The van der Waals surface area contributed by atoms with Gasteiger partial charge in [-0.25, -0.2) is 4.79 Å². The molecule has 0 saturated carbocycles. The zero-order chi connectivity index (χ0) is 17.6. The monoisotopic (exact) mass is 341 g/mol. The molecule has 132 valence electrons. The number of amides is 2. The zero-order valence-electron chi connectivity index (χ0n) is 14.5. The number of anilines is 1. The van der Waals surface area contributed by atoms with Crippen LogP contribution in [0.5, 0.6) is 5.75 Å². The molecule has 2 aromatic rings. The molecule has 2 amide bonds. The van der Waals surface area contributed by atoms with Gasteiger partial charge in [-0.05, 0) is 42.2 Å². The second kappa shape index (κ2) is 7.98. The highest BCUT2D eigenvalue weighted by Gasteiger charge is 2.30. The van der Waals surface area contributed by atoms with E-state index in [1.54, 1.807) is 19.5 Å². The number of carbonyl (C=O) groups excluding carboxylic acids is 1. The highest BCUT2D eigenvalue weighted by atomic mass is 16.5. The lowest BCUT2D eigenvalue weighted by Gasteiger charge is -2.20. The Kier molecular flexibility index (Phi) is 5.50. The molecule has 1 saturated heterocycles. The lowest BCUT2D eigenvalue weighted by Crippen LogP contribution is -2.39. The van der Waals surface area contributed by atoms with Crippen LogP contribution in [0.3, 0.4) is 0 Å². The van der Waals surface area contributed by atoms with Gasteiger partial charge in [0.15, 0.2) is 0 Å². The number of ether oxygens (including phenoxy) is 2. The fourth-order valence-corrected chi connectivity index (χ4v) is 3.07. The Hall–Kier alpha value is -2.60. The van der Waals surface area contributed by atoms with Crippen LogP contribution in [0, 0.1) is 0 Å². The number of hydrogen-bond acceptors (Lipinski definition) is 4. The molecule has 1 aliphatic rings. The van der Waals surface area contributed by atoms with E-state index in [2.05, 4.69) is 22.5 Å². The smallest absolute Gasteiger partial charge is 0.319 e. The van der Waals surface area contributed by atoms with E-state index in [9.17, 15) is 4.79 Å². The molecule has 1 aliphatic heterocycles. The maximum atomic E-state index is 12.4. The van der Waals surface area contributed by atoms with Gasteiger partial charge in [0.2, 0.25) is 0 Å². The van der Waals surface area contributed by atoms with E-state index in [-0.39, 0.29) is 18.2 Å². The summed E-state index contributed by atoms with van der Waals surface area (Å²) in [6.07, 6.45) is 4.97. The van der Waals surface area contributed by atoms with Crippen molar-refractivity contribution >= 4 is 11.7 Å². The number of hydrogen-bond donors (Lipinski definition) is 2. The van der Waals surface area contributed by atoms with Gasteiger partial charge in [0, 0.05) is 30.8 Å². The minimum absolute atomic E-state index is 0.0702. The van der Waals surface area contributed by atoms with Crippen molar-refractivity contribution in [3.05, 3.63) is 53.9 Å². The SMILES string of the molecule is CCc1ccc(NC(=O)N[C@@H]2CCO[C@H]2c2ccncc2)cc1OC. The van der Waals surface area contributed by atoms with Crippen LogP contribution in [-0.2, 0) is 11.2 Å². The number of benzene rings is 1. The summed E-state index contributed by atoms with van der Waals surface area (Å²) >= 11 is 0. The summed E-state index contributed by atoms with van der Waals surface area (Å²) in [4.78, 5) is 16.4. The van der Waals surface area contributed by atoms with Crippen LogP contribution in [-0.4, -0.2) is 30.8 Å². The van der Waals surface area contributed by atoms with Crippen molar-refractivity contribution in [2.75, 3.05) is 19.0 Å². The summed E-state index contributed by atoms with van der Waals surface area (Å²) in [5.41, 5.74) is 2.83. The first-order chi connectivity index (χ1) is 12.2. The third-order valence-corrected chi connectivity index (χ3v) is 4.37. The van der Waals surface area contributed by atoms with E-state index in [4.69, 9.17) is 9.47 Å². The molecule has 0 spiro atoms. The summed E-state index contributed by atoms with van der Waals surface area (Å²) < 4.78 is 11.1. The molecule has 0 radical (unpaired) electrons. The average Bonchev–Trinajstić information content (AvgIpc) is 3.10. The first kappa shape index (κ1) is 17.2. The molecule has 1 aromatic heterocycles. The molecule has 0 aliphatic carbocycles. The Morgan fingerprint density at radius 3 is 2.84 bits per heavy atom. The molecule has 0 bridgehead atoms. The van der Waals surface area contributed by atoms with Crippen molar-refractivity contribution < 1.29 is 14.3 Å². The molecule has 3 rings (SSSR count). The first-order valence-corrected chi connectivity index (χ1v) is 8.47. The fraction of sp³-hybridized carbons (Fsp3) is 0.368. The van der Waals surface area contributed by atoms with E-state index in [1.807, 2.05) is 30.3 Å². The number of carbonyl (C=O) groups is 1. The largest absolute Gasteiger partial charge is 0.496 e. The molecule has 2 atom stereocenters. The lowest BCUT2D eigenvalue weighted by atomic mass is 10.0. The molecular weight excluding hydrogens is 318 g/mol. The molecule has 25 heavy (non-hydrogen) atoms. The van der Waals surface area contributed by atoms with Crippen molar-refractivity contribution in [2.45, 2.75) is 31.9 Å². The van der Waals surface area contributed by atoms with Crippen molar-refractivity contribution in [1.82, 2.24) is 10.3 Å². The van der Waals surface area contributed by atoms with Crippen LogP contribution in [0.2, 0.25) is 0 Å². The van der Waals surface area contributed by atoms with Crippen LogP contribution in [0.25, 0.3) is 0 Å². The van der Waals surface area contributed by atoms with Crippen LogP contribution < -0.4 is 15.4 Å². The molecule has 6 nitrogen and oxygen atoms in total. The Morgan fingerprint density at radius 2 is 2.12 bits per heavy atom. The summed E-state index contributed by atoms with van der Waals surface area (Å²) in [6, 6.07) is 9.19. The van der Waals surface area contributed by atoms with Gasteiger partial charge in [-0.1, -0.05) is 13.0 Å². The number of pyridine rings is 1. The van der Waals surface area contributed by atoms with Gasteiger partial charge >= 0.3 is 6.03 Å². The normalized spacial score (nSPS) is 19.4. The molecule has 6 heteroatoms. The quantitative estimate of drug-likeness (QED) is 0.875. The Labute approximate surface area is 147 Å². The summed E-state index contributed by atoms with van der Waals surface area (Å²) in [5.74, 6) is 0.777. The molecule has 1 fully saturated rings. The lowest BCUT2D eigenvalue weighted by molar-refractivity contribution is 0.100. The minimum atomic E-state index is -0.249. The first-order valence-electron chi connectivity index (χ1n) is 8.47. The van der Waals surface area contributed by atoms with E-state index >= 15 is 0 Å². The Balaban J connectivity index is 1.64. The number of nitrogens with zero attached hydrogens (tertiary/aromatic N) is 1. The van der Waals surface area contributed by atoms with Crippen molar-refractivity contribution in [1.29, 1.82) is 0 Å². The number of nitrogens with one attached hydrogen (secondary N) is 2. The van der Waals surface area contributed by atoms with Crippen LogP contribution >= 0.6 is 0 Å². The van der Waals surface area contributed by atoms with Gasteiger partial charge < -0.3 is 20.1 Å². The van der Waals surface area contributed by atoms with Crippen LogP contribution in [0.4, 0.5) is 10.5 Å². The number of aromatic nitrogens is 1. The number of rotatable bonds is 5. The number of urea groups is 1. The van der Waals surface area contributed by atoms with Crippen molar-refractivity contribution in [3.8, 4) is 5.75 Å². The van der Waals surface area contributed by atoms with Crippen molar-refractivity contribution in [3.63, 3.8) is 0 Å². The van der Waals surface area contributed by atoms with E-state index in [0.717, 1.165) is 29.7 Å². The van der Waals surface area contributed by atoms with Crippen LogP contribution in [0.1, 0.15) is 30.6 Å². The van der Waals surface area contributed by atoms with Crippen molar-refractivity contribution in [2.24, 2.45) is 0 Å². The number of methoxy groups -OCH3 is 1. The standard InChI is InChI=1S/C19H23N3O3/c1-3-13-4-5-15(12-17(13)24-2)21-19(23)22-16-8-11-25-18(16)14-6-9-20-10-7-14/h4-7,9-10,12,16,18H,3,8,11H2,1-2H3,(H2,21,22,23)/t16-,18+/m1/s1. The average molecular weight is 341 g/mol. The third kappa shape index (κ3) is 4.09. The van der Waals surface area contributed by atoms with E-state index in [0.29, 0.717) is 12.3 Å². The van der Waals surface area contributed by atoms with E-state index in [1.165, 1.54) is 0 Å². The molecule has 2 heterocycles. The van der Waals surface area contributed by atoms with Gasteiger partial charge in [-0.2, -0.15) is 0 Å². The topological polar surface area (TPSA) is 72.5 Å². The Morgan fingerprint density at radius 1 is 1.32 bits per heavy atom. The maximum Gasteiger partial charge on any atom is 0.319 e. The van der Waals surface area contributed by atoms with Crippen LogP contribution in [0.15, 0.2) is 42.7 Å². The maximum absolute atomic E-state index is 12.4. The molecule has 1 aromatic carbocycles. The third-order valence-electron chi connectivity index (χ3n) is 4.37. The molecule has 2 N–H and O–H groups in total. The second-order valence-corrected chi connectivity index (χ2v) is 5.95. The van der Waals surface area contributed by atoms with Gasteiger partial charge in [0.1, 0.15) is 11.9 Å². The molecule has 0 unspecified atom stereocenters.